The van der Waals surface area contributed by atoms with Crippen molar-refractivity contribution in [3.63, 3.8) is 0 Å². The van der Waals surface area contributed by atoms with Crippen LogP contribution in [0.5, 0.6) is 17.2 Å². The first-order valence-electron chi connectivity index (χ1n) is 6.64. The van der Waals surface area contributed by atoms with E-state index in [0.717, 1.165) is 12.8 Å². The SMILES string of the molecule is CCCCCCOc1cc(O)c(C(C)=O)c(OC)c1. The lowest BCUT2D eigenvalue weighted by molar-refractivity contribution is 0.101. The number of rotatable bonds is 8. The fraction of sp³-hybridized carbons (Fsp3) is 0.533. The lowest BCUT2D eigenvalue weighted by Gasteiger charge is -2.12. The second-order valence-electron chi connectivity index (χ2n) is 4.48. The van der Waals surface area contributed by atoms with Crippen LogP contribution in [0, 0.1) is 0 Å². The van der Waals surface area contributed by atoms with Gasteiger partial charge in [0, 0.05) is 12.1 Å². The standard InChI is InChI=1S/C15H22O4/c1-4-5-6-7-8-19-12-9-13(17)15(11(2)16)14(10-12)18-3/h9-10,17H,4-8H2,1-3H3. The Morgan fingerprint density at radius 2 is 2.00 bits per heavy atom. The summed E-state index contributed by atoms with van der Waals surface area (Å²) in [4.78, 5) is 11.4. The van der Waals surface area contributed by atoms with Gasteiger partial charge in [-0.2, -0.15) is 0 Å². The van der Waals surface area contributed by atoms with Crippen molar-refractivity contribution in [2.75, 3.05) is 13.7 Å². The maximum atomic E-state index is 11.4. The number of methoxy groups -OCH3 is 1. The Hall–Kier alpha value is -1.71. The van der Waals surface area contributed by atoms with Crippen molar-refractivity contribution < 1.29 is 19.4 Å². The average molecular weight is 266 g/mol. The van der Waals surface area contributed by atoms with E-state index in [9.17, 15) is 9.90 Å². The molecule has 0 spiro atoms. The van der Waals surface area contributed by atoms with Crippen molar-refractivity contribution in [1.29, 1.82) is 0 Å². The van der Waals surface area contributed by atoms with E-state index in [1.807, 2.05) is 0 Å². The van der Waals surface area contributed by atoms with Gasteiger partial charge in [0.25, 0.3) is 0 Å². The third kappa shape index (κ3) is 4.47. The maximum Gasteiger partial charge on any atom is 0.167 e. The first-order valence-corrected chi connectivity index (χ1v) is 6.64. The molecule has 0 aliphatic carbocycles. The maximum absolute atomic E-state index is 11.4. The van der Waals surface area contributed by atoms with Gasteiger partial charge in [-0.15, -0.1) is 0 Å². The van der Waals surface area contributed by atoms with E-state index in [1.54, 1.807) is 6.07 Å². The molecule has 0 amide bonds. The molecule has 1 rings (SSSR count). The number of unbranched alkanes of at least 4 members (excludes halogenated alkanes) is 3. The van der Waals surface area contributed by atoms with Crippen molar-refractivity contribution >= 4 is 5.78 Å². The molecule has 4 nitrogen and oxygen atoms in total. The van der Waals surface area contributed by atoms with Crippen molar-refractivity contribution in [1.82, 2.24) is 0 Å². The number of aromatic hydroxyl groups is 1. The summed E-state index contributed by atoms with van der Waals surface area (Å²) in [5, 5.41) is 9.83. The fourth-order valence-corrected chi connectivity index (χ4v) is 1.89. The Morgan fingerprint density at radius 1 is 1.26 bits per heavy atom. The minimum Gasteiger partial charge on any atom is -0.507 e. The monoisotopic (exact) mass is 266 g/mol. The zero-order valence-corrected chi connectivity index (χ0v) is 11.9. The van der Waals surface area contributed by atoms with Crippen molar-refractivity contribution in [3.05, 3.63) is 17.7 Å². The zero-order valence-electron chi connectivity index (χ0n) is 11.9. The van der Waals surface area contributed by atoms with E-state index in [1.165, 1.54) is 32.9 Å². The Kier molecular flexibility index (Phi) is 6.19. The van der Waals surface area contributed by atoms with Crippen LogP contribution in [0.1, 0.15) is 49.9 Å². The second-order valence-corrected chi connectivity index (χ2v) is 4.48. The van der Waals surface area contributed by atoms with Gasteiger partial charge in [-0.05, 0) is 13.3 Å². The number of Topliss-reactive ketones (excluding diaryl/α,β-unsaturated/α-hetero) is 1. The molecule has 0 fully saturated rings. The number of ether oxygens (including phenoxy) is 2. The number of hydrogen-bond donors (Lipinski definition) is 1. The largest absolute Gasteiger partial charge is 0.507 e. The Labute approximate surface area is 114 Å². The van der Waals surface area contributed by atoms with Crippen LogP contribution in [0.2, 0.25) is 0 Å². The van der Waals surface area contributed by atoms with Gasteiger partial charge in [0.2, 0.25) is 0 Å². The number of ketones is 1. The van der Waals surface area contributed by atoms with Gasteiger partial charge in [-0.1, -0.05) is 26.2 Å². The van der Waals surface area contributed by atoms with Gasteiger partial charge in [-0.25, -0.2) is 0 Å². The number of benzene rings is 1. The molecule has 0 unspecified atom stereocenters. The smallest absolute Gasteiger partial charge is 0.167 e. The first-order chi connectivity index (χ1) is 9.10. The van der Waals surface area contributed by atoms with Crippen LogP contribution >= 0.6 is 0 Å². The van der Waals surface area contributed by atoms with Gasteiger partial charge in [0.05, 0.1) is 13.7 Å². The van der Waals surface area contributed by atoms with Gasteiger partial charge in [-0.3, -0.25) is 4.79 Å². The highest BCUT2D eigenvalue weighted by Gasteiger charge is 2.15. The highest BCUT2D eigenvalue weighted by Crippen LogP contribution is 2.33. The van der Waals surface area contributed by atoms with E-state index in [0.29, 0.717) is 18.1 Å². The van der Waals surface area contributed by atoms with Crippen LogP contribution in [0.3, 0.4) is 0 Å². The highest BCUT2D eigenvalue weighted by atomic mass is 16.5. The number of phenolic OH excluding ortho intramolecular Hbond substituents is 1. The molecule has 0 saturated heterocycles. The van der Waals surface area contributed by atoms with Crippen LogP contribution in [0.25, 0.3) is 0 Å². The lowest BCUT2D eigenvalue weighted by Crippen LogP contribution is -2.01. The summed E-state index contributed by atoms with van der Waals surface area (Å²) >= 11 is 0. The molecule has 19 heavy (non-hydrogen) atoms. The third-order valence-electron chi connectivity index (χ3n) is 2.89. The predicted octanol–water partition coefficient (Wildman–Crippen LogP) is 3.56. The molecule has 4 heteroatoms. The molecule has 0 bridgehead atoms. The average Bonchev–Trinajstić information content (AvgIpc) is 2.37. The van der Waals surface area contributed by atoms with E-state index in [2.05, 4.69) is 6.92 Å². The highest BCUT2D eigenvalue weighted by molar-refractivity contribution is 5.99. The van der Waals surface area contributed by atoms with Crippen LogP contribution in [0.4, 0.5) is 0 Å². The zero-order chi connectivity index (χ0) is 14.3. The number of carbonyl (C=O) groups excluding carboxylic acids is 1. The normalized spacial score (nSPS) is 10.3. The summed E-state index contributed by atoms with van der Waals surface area (Å²) in [7, 11) is 1.46. The Bertz CT molecular complexity index is 426. The summed E-state index contributed by atoms with van der Waals surface area (Å²) < 4.78 is 10.7. The van der Waals surface area contributed by atoms with Crippen LogP contribution in [-0.4, -0.2) is 24.6 Å². The summed E-state index contributed by atoms with van der Waals surface area (Å²) in [6, 6.07) is 3.09. The Morgan fingerprint density at radius 3 is 2.58 bits per heavy atom. The minimum atomic E-state index is -0.233. The van der Waals surface area contributed by atoms with Gasteiger partial charge < -0.3 is 14.6 Å². The molecule has 1 aromatic rings. The number of phenols is 1. The number of hydrogen-bond acceptors (Lipinski definition) is 4. The van der Waals surface area contributed by atoms with Gasteiger partial charge in [0.1, 0.15) is 22.8 Å². The predicted molar refractivity (Wildman–Crippen MR) is 74.3 cm³/mol. The summed E-state index contributed by atoms with van der Waals surface area (Å²) in [5.41, 5.74) is 0.195. The van der Waals surface area contributed by atoms with Crippen LogP contribution in [-0.2, 0) is 0 Å². The molecule has 0 aliphatic rings. The molecule has 0 heterocycles. The van der Waals surface area contributed by atoms with E-state index in [-0.39, 0.29) is 17.1 Å². The molecular formula is C15H22O4. The molecule has 0 atom stereocenters. The summed E-state index contributed by atoms with van der Waals surface area (Å²) in [6.45, 7) is 4.15. The summed E-state index contributed by atoms with van der Waals surface area (Å²) in [6.07, 6.45) is 4.49. The lowest BCUT2D eigenvalue weighted by atomic mass is 10.1. The van der Waals surface area contributed by atoms with E-state index < -0.39 is 0 Å². The van der Waals surface area contributed by atoms with Crippen LogP contribution < -0.4 is 9.47 Å². The minimum absolute atomic E-state index is 0.101. The molecule has 106 valence electrons. The van der Waals surface area contributed by atoms with Gasteiger partial charge in [0.15, 0.2) is 5.78 Å². The first kappa shape index (κ1) is 15.3. The van der Waals surface area contributed by atoms with Crippen molar-refractivity contribution in [3.8, 4) is 17.2 Å². The third-order valence-corrected chi connectivity index (χ3v) is 2.89. The quantitative estimate of drug-likeness (QED) is 0.577. The molecule has 0 radical (unpaired) electrons. The molecule has 0 aromatic heterocycles. The summed E-state index contributed by atoms with van der Waals surface area (Å²) in [5.74, 6) is 0.533. The fourth-order valence-electron chi connectivity index (χ4n) is 1.89. The van der Waals surface area contributed by atoms with Gasteiger partial charge >= 0.3 is 0 Å². The molecule has 0 saturated carbocycles. The van der Waals surface area contributed by atoms with Crippen molar-refractivity contribution in [2.45, 2.75) is 39.5 Å². The number of carbonyl (C=O) groups is 1. The molecule has 0 aliphatic heterocycles. The Balaban J connectivity index is 2.70. The molecule has 1 N–H and O–H groups in total. The van der Waals surface area contributed by atoms with Crippen LogP contribution in [0.15, 0.2) is 12.1 Å². The molecular weight excluding hydrogens is 244 g/mol. The second kappa shape index (κ2) is 7.67. The topological polar surface area (TPSA) is 55.8 Å². The van der Waals surface area contributed by atoms with E-state index in [4.69, 9.17) is 9.47 Å². The molecule has 1 aromatic carbocycles. The van der Waals surface area contributed by atoms with E-state index >= 15 is 0 Å². The van der Waals surface area contributed by atoms with Crippen molar-refractivity contribution in [2.24, 2.45) is 0 Å².